The summed E-state index contributed by atoms with van der Waals surface area (Å²) in [6.07, 6.45) is 0.982. The van der Waals surface area contributed by atoms with E-state index in [-0.39, 0.29) is 12.3 Å². The number of benzene rings is 2. The van der Waals surface area contributed by atoms with Gasteiger partial charge in [-0.25, -0.2) is 10.4 Å². The van der Waals surface area contributed by atoms with Crippen molar-refractivity contribution in [2.45, 2.75) is 26.7 Å². The SMILES string of the molecule is CCc1c(C(C)=NNC(=O)Cc2nc3ccccc3n2C)oc2ccccc12. The van der Waals surface area contributed by atoms with Crippen LogP contribution in [0.4, 0.5) is 0 Å². The van der Waals surface area contributed by atoms with Crippen molar-refractivity contribution in [2.24, 2.45) is 12.1 Å². The summed E-state index contributed by atoms with van der Waals surface area (Å²) < 4.78 is 7.89. The smallest absolute Gasteiger partial charge is 0.247 e. The van der Waals surface area contributed by atoms with Crippen molar-refractivity contribution in [3.8, 4) is 0 Å². The molecule has 0 bridgehead atoms. The van der Waals surface area contributed by atoms with Crippen molar-refractivity contribution in [1.29, 1.82) is 0 Å². The van der Waals surface area contributed by atoms with Gasteiger partial charge in [0.1, 0.15) is 17.1 Å². The molecule has 0 aliphatic rings. The molecule has 4 aromatic rings. The topological polar surface area (TPSA) is 72.4 Å². The van der Waals surface area contributed by atoms with Crippen LogP contribution in [0.5, 0.6) is 0 Å². The lowest BCUT2D eigenvalue weighted by Gasteiger charge is -2.03. The monoisotopic (exact) mass is 374 g/mol. The number of furan rings is 1. The number of rotatable bonds is 5. The molecule has 0 spiro atoms. The Labute approximate surface area is 162 Å². The first-order valence-corrected chi connectivity index (χ1v) is 9.32. The average Bonchev–Trinajstić information content (AvgIpc) is 3.24. The van der Waals surface area contributed by atoms with E-state index >= 15 is 0 Å². The van der Waals surface area contributed by atoms with Crippen molar-refractivity contribution in [3.05, 3.63) is 65.7 Å². The Morgan fingerprint density at radius 1 is 1.18 bits per heavy atom. The van der Waals surface area contributed by atoms with Crippen LogP contribution in [-0.4, -0.2) is 21.2 Å². The van der Waals surface area contributed by atoms with Crippen LogP contribution in [0.1, 0.15) is 31.0 Å². The first-order valence-electron chi connectivity index (χ1n) is 9.32. The van der Waals surface area contributed by atoms with Gasteiger partial charge in [0, 0.05) is 18.0 Å². The molecule has 0 radical (unpaired) electrons. The molecule has 4 rings (SSSR count). The van der Waals surface area contributed by atoms with Gasteiger partial charge in [0.15, 0.2) is 5.76 Å². The number of amides is 1. The van der Waals surface area contributed by atoms with Crippen molar-refractivity contribution in [2.75, 3.05) is 0 Å². The van der Waals surface area contributed by atoms with Crippen LogP contribution in [0.3, 0.4) is 0 Å². The van der Waals surface area contributed by atoms with E-state index in [1.54, 1.807) is 0 Å². The van der Waals surface area contributed by atoms with Crippen LogP contribution in [-0.2, 0) is 24.7 Å². The lowest BCUT2D eigenvalue weighted by molar-refractivity contribution is -0.120. The number of carbonyl (C=O) groups is 1. The minimum Gasteiger partial charge on any atom is -0.454 e. The molecular weight excluding hydrogens is 352 g/mol. The second-order valence-electron chi connectivity index (χ2n) is 6.74. The van der Waals surface area contributed by atoms with Gasteiger partial charge in [0.25, 0.3) is 0 Å². The minimum absolute atomic E-state index is 0.155. The first kappa shape index (κ1) is 18.0. The maximum absolute atomic E-state index is 12.4. The fourth-order valence-electron chi connectivity index (χ4n) is 3.48. The van der Waals surface area contributed by atoms with Gasteiger partial charge in [-0.05, 0) is 31.5 Å². The molecular formula is C22H22N4O2. The number of carbonyl (C=O) groups excluding carboxylic acids is 1. The molecule has 0 aliphatic carbocycles. The van der Waals surface area contributed by atoms with Crippen molar-refractivity contribution in [3.63, 3.8) is 0 Å². The van der Waals surface area contributed by atoms with E-state index < -0.39 is 0 Å². The lowest BCUT2D eigenvalue weighted by atomic mass is 10.1. The maximum Gasteiger partial charge on any atom is 0.247 e. The third kappa shape index (κ3) is 3.17. The molecule has 0 atom stereocenters. The summed E-state index contributed by atoms with van der Waals surface area (Å²) in [5.41, 5.74) is 7.08. The standard InChI is InChI=1S/C22H22N4O2/c1-4-15-16-9-5-8-12-19(16)28-22(15)14(2)24-25-21(27)13-20-23-17-10-6-7-11-18(17)26(20)3/h5-12H,4,13H2,1-3H3,(H,25,27). The number of nitrogens with one attached hydrogen (secondary N) is 1. The van der Waals surface area contributed by atoms with E-state index in [2.05, 4.69) is 22.4 Å². The second kappa shape index (κ2) is 7.31. The summed E-state index contributed by atoms with van der Waals surface area (Å²) in [6.45, 7) is 3.92. The molecule has 0 saturated carbocycles. The van der Waals surface area contributed by atoms with Gasteiger partial charge in [-0.1, -0.05) is 37.3 Å². The van der Waals surface area contributed by atoms with Gasteiger partial charge in [0.05, 0.1) is 17.5 Å². The Hall–Kier alpha value is -3.41. The van der Waals surface area contributed by atoms with Crippen LogP contribution in [0.2, 0.25) is 0 Å². The fraction of sp³-hybridized carbons (Fsp3) is 0.227. The third-order valence-electron chi connectivity index (χ3n) is 4.93. The second-order valence-corrected chi connectivity index (χ2v) is 6.74. The number of para-hydroxylation sites is 3. The predicted octanol–water partition coefficient (Wildman–Crippen LogP) is 3.96. The maximum atomic E-state index is 12.4. The Morgan fingerprint density at radius 3 is 2.71 bits per heavy atom. The molecule has 1 N–H and O–H groups in total. The molecule has 0 unspecified atom stereocenters. The molecule has 142 valence electrons. The molecule has 6 nitrogen and oxygen atoms in total. The number of aromatic nitrogens is 2. The van der Waals surface area contributed by atoms with Crippen LogP contribution in [0.25, 0.3) is 22.0 Å². The van der Waals surface area contributed by atoms with Crippen LogP contribution < -0.4 is 5.43 Å². The Bertz CT molecular complexity index is 1200. The van der Waals surface area contributed by atoms with Crippen LogP contribution in [0, 0.1) is 0 Å². The molecule has 0 aliphatic heterocycles. The van der Waals surface area contributed by atoms with Crippen molar-refractivity contribution >= 4 is 33.6 Å². The summed E-state index contributed by atoms with van der Waals surface area (Å²) in [5.74, 6) is 1.20. The highest BCUT2D eigenvalue weighted by atomic mass is 16.3. The van der Waals surface area contributed by atoms with Crippen molar-refractivity contribution < 1.29 is 9.21 Å². The molecule has 1 amide bonds. The van der Waals surface area contributed by atoms with Crippen molar-refractivity contribution in [1.82, 2.24) is 15.0 Å². The molecule has 2 aromatic carbocycles. The molecule has 2 aromatic heterocycles. The van der Waals surface area contributed by atoms with Gasteiger partial charge in [0.2, 0.25) is 5.91 Å². The Kier molecular flexibility index (Phi) is 4.69. The molecule has 28 heavy (non-hydrogen) atoms. The summed E-state index contributed by atoms with van der Waals surface area (Å²) in [6, 6.07) is 15.7. The number of aryl methyl sites for hydroxylation is 2. The average molecular weight is 374 g/mol. The van der Waals surface area contributed by atoms with E-state index in [1.807, 2.05) is 67.1 Å². The van der Waals surface area contributed by atoms with Crippen LogP contribution >= 0.6 is 0 Å². The largest absolute Gasteiger partial charge is 0.454 e. The summed E-state index contributed by atoms with van der Waals surface area (Å²) in [4.78, 5) is 16.9. The van der Waals surface area contributed by atoms with E-state index in [0.717, 1.165) is 34.0 Å². The van der Waals surface area contributed by atoms with Crippen LogP contribution in [0.15, 0.2) is 58.0 Å². The number of fused-ring (bicyclic) bond motifs is 2. The fourth-order valence-corrected chi connectivity index (χ4v) is 3.48. The minimum atomic E-state index is -0.216. The Morgan fingerprint density at radius 2 is 1.93 bits per heavy atom. The zero-order valence-corrected chi connectivity index (χ0v) is 16.2. The normalized spacial score (nSPS) is 12.0. The van der Waals surface area contributed by atoms with E-state index in [1.165, 1.54) is 0 Å². The van der Waals surface area contributed by atoms with Gasteiger partial charge < -0.3 is 8.98 Å². The van der Waals surface area contributed by atoms with E-state index in [4.69, 9.17) is 4.42 Å². The molecule has 0 fully saturated rings. The number of hydrazone groups is 1. The third-order valence-corrected chi connectivity index (χ3v) is 4.93. The molecule has 2 heterocycles. The lowest BCUT2D eigenvalue weighted by Crippen LogP contribution is -2.22. The number of imidazole rings is 1. The van der Waals surface area contributed by atoms with E-state index in [9.17, 15) is 4.79 Å². The van der Waals surface area contributed by atoms with Gasteiger partial charge in [-0.15, -0.1) is 0 Å². The Balaban J connectivity index is 1.53. The highest BCUT2D eigenvalue weighted by Gasteiger charge is 2.16. The molecule has 0 saturated heterocycles. The summed E-state index contributed by atoms with van der Waals surface area (Å²) >= 11 is 0. The predicted molar refractivity (Wildman–Crippen MR) is 110 cm³/mol. The quantitative estimate of drug-likeness (QED) is 0.424. The van der Waals surface area contributed by atoms with Gasteiger partial charge in [-0.2, -0.15) is 5.10 Å². The van der Waals surface area contributed by atoms with Gasteiger partial charge in [-0.3, -0.25) is 4.79 Å². The zero-order valence-electron chi connectivity index (χ0n) is 16.2. The number of hydrogen-bond acceptors (Lipinski definition) is 4. The molecule has 6 heteroatoms. The number of hydrogen-bond donors (Lipinski definition) is 1. The zero-order chi connectivity index (χ0) is 19.7. The highest BCUT2D eigenvalue weighted by Crippen LogP contribution is 2.26. The number of nitrogens with zero attached hydrogens (tertiary/aromatic N) is 3. The summed E-state index contributed by atoms with van der Waals surface area (Å²) in [7, 11) is 1.91. The van der Waals surface area contributed by atoms with Gasteiger partial charge >= 0.3 is 0 Å². The van der Waals surface area contributed by atoms with E-state index in [0.29, 0.717) is 17.3 Å². The first-order chi connectivity index (χ1) is 13.6. The summed E-state index contributed by atoms with van der Waals surface area (Å²) in [5, 5.41) is 5.35. The highest BCUT2D eigenvalue weighted by molar-refractivity contribution is 6.02.